The van der Waals surface area contributed by atoms with Gasteiger partial charge in [0, 0.05) is 18.7 Å². The minimum Gasteiger partial charge on any atom is -0.494 e. The maximum atomic E-state index is 12.0. The molecule has 1 N–H and O–H groups in total. The van der Waals surface area contributed by atoms with Crippen molar-refractivity contribution in [1.29, 1.82) is 0 Å². The number of amides is 1. The number of aliphatic hydroxyl groups is 1. The van der Waals surface area contributed by atoms with Crippen molar-refractivity contribution in [2.45, 2.75) is 20.0 Å². The Morgan fingerprint density at radius 3 is 2.82 bits per heavy atom. The van der Waals surface area contributed by atoms with Gasteiger partial charge in [0.25, 0.3) is 5.91 Å². The number of aliphatic hydroxyl groups excluding tert-OH is 1. The van der Waals surface area contributed by atoms with Crippen molar-refractivity contribution in [3.63, 3.8) is 0 Å². The van der Waals surface area contributed by atoms with Crippen molar-refractivity contribution in [2.24, 2.45) is 0 Å². The van der Waals surface area contributed by atoms with Crippen molar-refractivity contribution < 1.29 is 14.6 Å². The summed E-state index contributed by atoms with van der Waals surface area (Å²) >= 11 is 0. The molecule has 4 nitrogen and oxygen atoms in total. The fourth-order valence-corrected chi connectivity index (χ4v) is 1.85. The zero-order chi connectivity index (χ0) is 12.4. The van der Waals surface area contributed by atoms with Crippen LogP contribution in [0.15, 0.2) is 18.2 Å². The van der Waals surface area contributed by atoms with Gasteiger partial charge in [0.2, 0.25) is 0 Å². The molecule has 0 spiro atoms. The Balaban J connectivity index is 2.15. The molecule has 0 saturated carbocycles. The highest BCUT2D eigenvalue weighted by molar-refractivity contribution is 5.95. The molecule has 0 aromatic heterocycles. The monoisotopic (exact) mass is 235 g/mol. The third-order valence-corrected chi connectivity index (χ3v) is 2.88. The molecule has 1 aromatic rings. The Morgan fingerprint density at radius 1 is 1.53 bits per heavy atom. The first-order chi connectivity index (χ1) is 8.11. The van der Waals surface area contributed by atoms with Crippen LogP contribution in [0.4, 0.5) is 0 Å². The van der Waals surface area contributed by atoms with E-state index in [4.69, 9.17) is 4.74 Å². The number of β-amino-alcohol motifs (C(OH)–C–C–N with tert-alkyl or cyclic N) is 1. The number of nitrogens with zero attached hydrogens (tertiary/aromatic N) is 1. The van der Waals surface area contributed by atoms with Crippen LogP contribution in [0.25, 0.3) is 0 Å². The number of aryl methyl sites for hydroxylation is 1. The zero-order valence-corrected chi connectivity index (χ0v) is 10.1. The van der Waals surface area contributed by atoms with Crippen LogP contribution < -0.4 is 4.74 Å². The van der Waals surface area contributed by atoms with Crippen LogP contribution in [0.3, 0.4) is 0 Å². The summed E-state index contributed by atoms with van der Waals surface area (Å²) in [6.07, 6.45) is -0.365. The Hall–Kier alpha value is -1.55. The van der Waals surface area contributed by atoms with E-state index in [9.17, 15) is 9.90 Å². The van der Waals surface area contributed by atoms with Crippen LogP contribution in [-0.2, 0) is 0 Å². The van der Waals surface area contributed by atoms with Gasteiger partial charge in [-0.2, -0.15) is 0 Å². The van der Waals surface area contributed by atoms with Gasteiger partial charge in [-0.3, -0.25) is 4.79 Å². The van der Waals surface area contributed by atoms with Gasteiger partial charge in [-0.15, -0.1) is 0 Å². The summed E-state index contributed by atoms with van der Waals surface area (Å²) in [6.45, 7) is 5.31. The molecular weight excluding hydrogens is 218 g/mol. The minimum absolute atomic E-state index is 0.0451. The molecule has 0 atom stereocenters. The number of hydrogen-bond donors (Lipinski definition) is 1. The van der Waals surface area contributed by atoms with Gasteiger partial charge in [0.1, 0.15) is 5.75 Å². The number of rotatable bonds is 3. The van der Waals surface area contributed by atoms with E-state index in [0.717, 1.165) is 11.3 Å². The van der Waals surface area contributed by atoms with Crippen LogP contribution in [-0.4, -0.2) is 41.7 Å². The standard InChI is InChI=1S/C13H17NO3/c1-3-17-12-6-10(5-4-9(12)2)13(16)14-7-11(15)8-14/h4-6,11,15H,3,7-8H2,1-2H3. The summed E-state index contributed by atoms with van der Waals surface area (Å²) in [5.74, 6) is 0.704. The van der Waals surface area contributed by atoms with Crippen LogP contribution in [0.2, 0.25) is 0 Å². The Morgan fingerprint density at radius 2 is 2.24 bits per heavy atom. The average molecular weight is 235 g/mol. The highest BCUT2D eigenvalue weighted by Gasteiger charge is 2.29. The van der Waals surface area contributed by atoms with Gasteiger partial charge in [0.15, 0.2) is 0 Å². The molecule has 1 saturated heterocycles. The van der Waals surface area contributed by atoms with Crippen molar-refractivity contribution in [1.82, 2.24) is 4.90 Å². The second kappa shape index (κ2) is 4.75. The molecule has 1 aromatic carbocycles. The molecule has 1 amide bonds. The minimum atomic E-state index is -0.365. The molecule has 92 valence electrons. The summed E-state index contributed by atoms with van der Waals surface area (Å²) in [5, 5.41) is 9.18. The van der Waals surface area contributed by atoms with E-state index >= 15 is 0 Å². The third kappa shape index (κ3) is 2.42. The molecule has 0 radical (unpaired) electrons. The number of benzene rings is 1. The van der Waals surface area contributed by atoms with Gasteiger partial charge in [-0.1, -0.05) is 6.07 Å². The molecule has 17 heavy (non-hydrogen) atoms. The van der Waals surface area contributed by atoms with Crippen molar-refractivity contribution in [3.8, 4) is 5.75 Å². The highest BCUT2D eigenvalue weighted by atomic mass is 16.5. The highest BCUT2D eigenvalue weighted by Crippen LogP contribution is 2.22. The predicted octanol–water partition coefficient (Wildman–Crippen LogP) is 1.21. The number of carbonyl (C=O) groups is 1. The molecule has 0 unspecified atom stereocenters. The maximum absolute atomic E-state index is 12.0. The topological polar surface area (TPSA) is 49.8 Å². The first-order valence-corrected chi connectivity index (χ1v) is 5.82. The first kappa shape index (κ1) is 11.9. The fourth-order valence-electron chi connectivity index (χ4n) is 1.85. The lowest BCUT2D eigenvalue weighted by Crippen LogP contribution is -2.53. The van der Waals surface area contributed by atoms with Crippen LogP contribution in [0.1, 0.15) is 22.8 Å². The average Bonchev–Trinajstić information content (AvgIpc) is 2.27. The summed E-state index contributed by atoms with van der Waals surface area (Å²) in [6, 6.07) is 5.45. The van der Waals surface area contributed by atoms with Crippen molar-refractivity contribution >= 4 is 5.91 Å². The van der Waals surface area contributed by atoms with Gasteiger partial charge in [0.05, 0.1) is 12.7 Å². The second-order valence-corrected chi connectivity index (χ2v) is 4.28. The van der Waals surface area contributed by atoms with Crippen molar-refractivity contribution in [3.05, 3.63) is 29.3 Å². The summed E-state index contributed by atoms with van der Waals surface area (Å²) in [7, 11) is 0. The molecule has 1 aliphatic rings. The smallest absolute Gasteiger partial charge is 0.254 e. The van der Waals surface area contributed by atoms with E-state index < -0.39 is 0 Å². The molecule has 4 heteroatoms. The van der Waals surface area contributed by atoms with Gasteiger partial charge in [-0.25, -0.2) is 0 Å². The number of carbonyl (C=O) groups excluding carboxylic acids is 1. The fraction of sp³-hybridized carbons (Fsp3) is 0.462. The number of ether oxygens (including phenoxy) is 1. The Labute approximate surface area is 101 Å². The lowest BCUT2D eigenvalue weighted by atomic mass is 10.1. The molecule has 2 rings (SSSR count). The SMILES string of the molecule is CCOc1cc(C(=O)N2CC(O)C2)ccc1C. The maximum Gasteiger partial charge on any atom is 0.254 e. The van der Waals surface area contributed by atoms with Gasteiger partial charge >= 0.3 is 0 Å². The predicted molar refractivity (Wildman–Crippen MR) is 64.3 cm³/mol. The van der Waals surface area contributed by atoms with E-state index in [-0.39, 0.29) is 12.0 Å². The van der Waals surface area contributed by atoms with Crippen LogP contribution in [0, 0.1) is 6.92 Å². The number of likely N-dealkylation sites (tertiary alicyclic amines) is 1. The van der Waals surface area contributed by atoms with Crippen LogP contribution >= 0.6 is 0 Å². The van der Waals surface area contributed by atoms with Gasteiger partial charge < -0.3 is 14.7 Å². The van der Waals surface area contributed by atoms with E-state index in [2.05, 4.69) is 0 Å². The molecular formula is C13H17NO3. The quantitative estimate of drug-likeness (QED) is 0.856. The Bertz CT molecular complexity index is 425. The molecule has 1 fully saturated rings. The molecule has 1 aliphatic heterocycles. The lowest BCUT2D eigenvalue weighted by molar-refractivity contribution is 0.00587. The molecule has 1 heterocycles. The summed E-state index contributed by atoms with van der Waals surface area (Å²) < 4.78 is 5.46. The third-order valence-electron chi connectivity index (χ3n) is 2.88. The number of hydrogen-bond acceptors (Lipinski definition) is 3. The van der Waals surface area contributed by atoms with E-state index in [1.807, 2.05) is 19.9 Å². The zero-order valence-electron chi connectivity index (χ0n) is 10.1. The van der Waals surface area contributed by atoms with Crippen molar-refractivity contribution in [2.75, 3.05) is 19.7 Å². The summed E-state index contributed by atoms with van der Waals surface area (Å²) in [4.78, 5) is 13.6. The molecule has 0 aliphatic carbocycles. The largest absolute Gasteiger partial charge is 0.494 e. The molecule has 0 bridgehead atoms. The van der Waals surface area contributed by atoms with Gasteiger partial charge in [-0.05, 0) is 31.5 Å². The summed E-state index contributed by atoms with van der Waals surface area (Å²) in [5.41, 5.74) is 1.64. The van der Waals surface area contributed by atoms with Crippen LogP contribution in [0.5, 0.6) is 5.75 Å². The lowest BCUT2D eigenvalue weighted by Gasteiger charge is -2.35. The van der Waals surface area contributed by atoms with E-state index in [1.54, 1.807) is 17.0 Å². The Kier molecular flexibility index (Phi) is 3.33. The normalized spacial score (nSPS) is 15.6. The first-order valence-electron chi connectivity index (χ1n) is 5.82. The van der Waals surface area contributed by atoms with E-state index in [1.165, 1.54) is 0 Å². The van der Waals surface area contributed by atoms with E-state index in [0.29, 0.717) is 25.3 Å². The second-order valence-electron chi connectivity index (χ2n) is 4.28.